The highest BCUT2D eigenvalue weighted by Gasteiger charge is 2.03. The summed E-state index contributed by atoms with van der Waals surface area (Å²) < 4.78 is 0. The van der Waals surface area contributed by atoms with Crippen molar-refractivity contribution in [1.29, 1.82) is 0 Å². The maximum atomic E-state index is 11.2. The average Bonchev–Trinajstić information content (AvgIpc) is 2.17. The third-order valence-electron chi connectivity index (χ3n) is 1.95. The van der Waals surface area contributed by atoms with E-state index < -0.39 is 0 Å². The molecule has 0 aromatic heterocycles. The van der Waals surface area contributed by atoms with Crippen LogP contribution in [0.5, 0.6) is 0 Å². The van der Waals surface area contributed by atoms with Crippen LogP contribution in [0.2, 0.25) is 0 Å². The molecule has 0 aliphatic carbocycles. The molecule has 1 atom stereocenters. The molecule has 1 aromatic rings. The lowest BCUT2D eigenvalue weighted by molar-refractivity contribution is 0.108. The lowest BCUT2D eigenvalue weighted by Gasteiger charge is -2.07. The molecule has 14 heavy (non-hydrogen) atoms. The summed E-state index contributed by atoms with van der Waals surface area (Å²) in [7, 11) is 5.91. The predicted molar refractivity (Wildman–Crippen MR) is 62.8 cm³/mol. The van der Waals surface area contributed by atoms with Crippen molar-refractivity contribution in [2.24, 2.45) is 0 Å². The molecule has 0 radical (unpaired) electrons. The van der Waals surface area contributed by atoms with Crippen molar-refractivity contribution in [1.82, 2.24) is 5.32 Å². The van der Waals surface area contributed by atoms with Gasteiger partial charge in [0.05, 0.1) is 0 Å². The fourth-order valence-corrected chi connectivity index (χ4v) is 1.45. The van der Waals surface area contributed by atoms with Crippen LogP contribution in [0.3, 0.4) is 0 Å². The van der Waals surface area contributed by atoms with E-state index in [1.165, 1.54) is 0 Å². The van der Waals surface area contributed by atoms with Crippen LogP contribution in [0.4, 0.5) is 5.69 Å². The molecule has 0 heterocycles. The van der Waals surface area contributed by atoms with E-state index in [9.17, 15) is 4.79 Å². The normalized spacial score (nSPS) is 9.93. The van der Waals surface area contributed by atoms with Gasteiger partial charge in [-0.3, -0.25) is 4.79 Å². The first-order valence-electron chi connectivity index (χ1n) is 4.43. The maximum absolute atomic E-state index is 11.2. The Bertz CT molecular complexity index is 339. The number of hydrogen-bond acceptors (Lipinski definition) is 3. The Morgan fingerprint density at radius 1 is 1.36 bits per heavy atom. The van der Waals surface area contributed by atoms with Crippen LogP contribution < -0.4 is 10.6 Å². The largest absolute Gasteiger partial charge is 0.388 e. The minimum atomic E-state index is 0.0134. The molecule has 0 bridgehead atoms. The van der Waals surface area contributed by atoms with Crippen LogP contribution in [-0.2, 0) is 6.54 Å². The molecule has 0 saturated carbocycles. The summed E-state index contributed by atoms with van der Waals surface area (Å²) in [6.07, 6.45) is 0. The first-order valence-corrected chi connectivity index (χ1v) is 5.01. The Balaban J connectivity index is 3.06. The van der Waals surface area contributed by atoms with Gasteiger partial charge in [-0.2, -0.15) is 0 Å². The van der Waals surface area contributed by atoms with Gasteiger partial charge in [-0.25, -0.2) is 0 Å². The third kappa shape index (κ3) is 2.79. The van der Waals surface area contributed by atoms with Gasteiger partial charge in [-0.05, 0) is 30.8 Å². The van der Waals surface area contributed by atoms with Crippen molar-refractivity contribution >= 4 is 20.5 Å². The zero-order chi connectivity index (χ0) is 10.6. The standard InChI is InChI=1S/C10H15N2OP/c1-11-6-7-3-8(10(13)14)5-9(4-7)12-2/h3-5,11-12H,6,14H2,1-2H3. The minimum Gasteiger partial charge on any atom is -0.388 e. The summed E-state index contributed by atoms with van der Waals surface area (Å²) in [5, 5.41) is 6.09. The van der Waals surface area contributed by atoms with E-state index in [2.05, 4.69) is 19.9 Å². The number of rotatable bonds is 4. The number of carbonyl (C=O) groups excluding carboxylic acids is 1. The summed E-state index contributed by atoms with van der Waals surface area (Å²) in [6.45, 7) is 0.764. The Kier molecular flexibility index (Phi) is 4.05. The second kappa shape index (κ2) is 5.08. The van der Waals surface area contributed by atoms with E-state index in [0.717, 1.165) is 17.8 Å². The van der Waals surface area contributed by atoms with Gasteiger partial charge in [0, 0.05) is 24.8 Å². The highest BCUT2D eigenvalue weighted by molar-refractivity contribution is 7.41. The van der Waals surface area contributed by atoms with Crippen LogP contribution in [0.15, 0.2) is 18.2 Å². The quantitative estimate of drug-likeness (QED) is 0.739. The molecule has 76 valence electrons. The molecule has 0 aliphatic rings. The molecule has 1 aromatic carbocycles. The number of anilines is 1. The van der Waals surface area contributed by atoms with E-state index in [1.807, 2.05) is 32.3 Å². The second-order valence-corrected chi connectivity index (χ2v) is 3.59. The van der Waals surface area contributed by atoms with Gasteiger partial charge in [-0.1, -0.05) is 9.24 Å². The van der Waals surface area contributed by atoms with Crippen LogP contribution in [-0.4, -0.2) is 19.6 Å². The first kappa shape index (κ1) is 11.2. The second-order valence-electron chi connectivity index (χ2n) is 3.06. The Labute approximate surface area is 86.5 Å². The highest BCUT2D eigenvalue weighted by atomic mass is 31.0. The molecule has 3 nitrogen and oxygen atoms in total. The van der Waals surface area contributed by atoms with Gasteiger partial charge in [0.1, 0.15) is 0 Å². The van der Waals surface area contributed by atoms with Crippen molar-refractivity contribution in [3.63, 3.8) is 0 Å². The first-order chi connectivity index (χ1) is 6.67. The number of hydrogen-bond donors (Lipinski definition) is 2. The van der Waals surface area contributed by atoms with E-state index in [1.54, 1.807) is 0 Å². The van der Waals surface area contributed by atoms with Crippen molar-refractivity contribution < 1.29 is 4.79 Å². The third-order valence-corrected chi connectivity index (χ3v) is 2.28. The average molecular weight is 210 g/mol. The zero-order valence-electron chi connectivity index (χ0n) is 8.42. The van der Waals surface area contributed by atoms with E-state index in [-0.39, 0.29) is 5.52 Å². The number of carbonyl (C=O) groups is 1. The van der Waals surface area contributed by atoms with Gasteiger partial charge in [0.15, 0.2) is 5.52 Å². The van der Waals surface area contributed by atoms with Crippen LogP contribution in [0.25, 0.3) is 0 Å². The fraction of sp³-hybridized carbons (Fsp3) is 0.300. The Morgan fingerprint density at radius 2 is 2.07 bits per heavy atom. The molecule has 0 spiro atoms. The van der Waals surface area contributed by atoms with Gasteiger partial charge >= 0.3 is 0 Å². The smallest absolute Gasteiger partial charge is 0.178 e. The van der Waals surface area contributed by atoms with Gasteiger partial charge in [0.2, 0.25) is 0 Å². The molecular formula is C10H15N2OP. The molecule has 0 amide bonds. The maximum Gasteiger partial charge on any atom is 0.178 e. The van der Waals surface area contributed by atoms with Crippen molar-refractivity contribution in [3.8, 4) is 0 Å². The van der Waals surface area contributed by atoms with Gasteiger partial charge in [0.25, 0.3) is 0 Å². The zero-order valence-corrected chi connectivity index (χ0v) is 9.58. The topological polar surface area (TPSA) is 41.1 Å². The van der Waals surface area contributed by atoms with Gasteiger partial charge < -0.3 is 10.6 Å². The Morgan fingerprint density at radius 3 is 2.57 bits per heavy atom. The summed E-state index contributed by atoms with van der Waals surface area (Å²) in [5.41, 5.74) is 2.79. The SMILES string of the molecule is CNCc1cc(NC)cc(C(=O)P)c1. The number of benzene rings is 1. The Hall–Kier alpha value is -0.920. The lowest BCUT2D eigenvalue weighted by Crippen LogP contribution is -2.06. The number of nitrogens with one attached hydrogen (secondary N) is 2. The summed E-state index contributed by atoms with van der Waals surface area (Å²) in [6, 6.07) is 5.76. The van der Waals surface area contributed by atoms with Crippen LogP contribution in [0, 0.1) is 0 Å². The molecular weight excluding hydrogens is 195 g/mol. The minimum absolute atomic E-state index is 0.0134. The van der Waals surface area contributed by atoms with Crippen molar-refractivity contribution in [3.05, 3.63) is 29.3 Å². The molecule has 1 rings (SSSR count). The summed E-state index contributed by atoms with van der Waals surface area (Å²) >= 11 is 0. The molecule has 0 saturated heterocycles. The fourth-order valence-electron chi connectivity index (χ4n) is 1.28. The highest BCUT2D eigenvalue weighted by Crippen LogP contribution is 2.16. The summed E-state index contributed by atoms with van der Waals surface area (Å²) in [4.78, 5) is 11.2. The molecule has 0 fully saturated rings. The monoisotopic (exact) mass is 210 g/mol. The molecule has 1 unspecified atom stereocenters. The van der Waals surface area contributed by atoms with Crippen LogP contribution in [0.1, 0.15) is 15.9 Å². The predicted octanol–water partition coefficient (Wildman–Crippen LogP) is 1.46. The molecule has 0 aliphatic heterocycles. The van der Waals surface area contributed by atoms with Crippen molar-refractivity contribution in [2.75, 3.05) is 19.4 Å². The lowest BCUT2D eigenvalue weighted by atomic mass is 10.1. The van der Waals surface area contributed by atoms with E-state index in [0.29, 0.717) is 5.56 Å². The van der Waals surface area contributed by atoms with E-state index in [4.69, 9.17) is 0 Å². The molecule has 4 heteroatoms. The van der Waals surface area contributed by atoms with Crippen LogP contribution >= 0.6 is 9.24 Å². The van der Waals surface area contributed by atoms with E-state index >= 15 is 0 Å². The van der Waals surface area contributed by atoms with Gasteiger partial charge in [-0.15, -0.1) is 0 Å². The van der Waals surface area contributed by atoms with Crippen molar-refractivity contribution in [2.45, 2.75) is 6.54 Å². The summed E-state index contributed by atoms with van der Waals surface area (Å²) in [5.74, 6) is 0. The molecule has 2 N–H and O–H groups in total.